The van der Waals surface area contributed by atoms with Crippen LogP contribution >= 0.6 is 0 Å². The van der Waals surface area contributed by atoms with Gasteiger partial charge >= 0.3 is 0 Å². The minimum absolute atomic E-state index is 0.00426. The minimum Gasteiger partial charge on any atom is -0.355 e. The molecule has 0 aromatic heterocycles. The van der Waals surface area contributed by atoms with Gasteiger partial charge in [-0.2, -0.15) is 16.8 Å². The Bertz CT molecular complexity index is 940. The van der Waals surface area contributed by atoms with E-state index in [1.165, 1.54) is 19.2 Å². The third kappa shape index (κ3) is 2.81. The largest absolute Gasteiger partial charge is 0.355 e. The Hall–Kier alpha value is -2.01. The van der Waals surface area contributed by atoms with Crippen molar-refractivity contribution in [2.24, 2.45) is 0 Å². The molecule has 118 valence electrons. The zero-order chi connectivity index (χ0) is 16.7. The molecule has 2 rings (SSSR count). The van der Waals surface area contributed by atoms with Crippen LogP contribution in [0.3, 0.4) is 0 Å². The zero-order valence-corrected chi connectivity index (χ0v) is 12.8. The first-order valence-electron chi connectivity index (χ1n) is 5.80. The van der Waals surface area contributed by atoms with E-state index >= 15 is 0 Å². The van der Waals surface area contributed by atoms with Crippen molar-refractivity contribution < 1.29 is 30.7 Å². The van der Waals surface area contributed by atoms with E-state index in [0.717, 1.165) is 18.2 Å². The monoisotopic (exact) mass is 345 g/mol. The fourth-order valence-corrected chi connectivity index (χ4v) is 3.62. The van der Waals surface area contributed by atoms with Crippen molar-refractivity contribution in [1.82, 2.24) is 5.32 Å². The number of carbonyl (C=O) groups is 1. The predicted octanol–water partition coefficient (Wildman–Crippen LogP) is 0.693. The van der Waals surface area contributed by atoms with Crippen LogP contribution in [-0.2, 0) is 20.2 Å². The molecule has 2 aromatic carbocycles. The molecule has 2 aromatic rings. The van der Waals surface area contributed by atoms with E-state index in [0.29, 0.717) is 0 Å². The van der Waals surface area contributed by atoms with Gasteiger partial charge < -0.3 is 5.32 Å². The number of hydrogen-bond acceptors (Lipinski definition) is 5. The van der Waals surface area contributed by atoms with Crippen LogP contribution in [0.4, 0.5) is 0 Å². The van der Waals surface area contributed by atoms with Crippen LogP contribution in [0.1, 0.15) is 10.4 Å². The van der Waals surface area contributed by atoms with Gasteiger partial charge in [-0.05, 0) is 23.6 Å². The summed E-state index contributed by atoms with van der Waals surface area (Å²) in [7, 11) is -8.19. The number of amides is 1. The number of nitrogens with one attached hydrogen (secondary N) is 1. The van der Waals surface area contributed by atoms with Gasteiger partial charge in [-0.25, -0.2) is 0 Å². The lowest BCUT2D eigenvalue weighted by Gasteiger charge is -2.11. The topological polar surface area (TPSA) is 138 Å². The second-order valence-corrected chi connectivity index (χ2v) is 7.10. The Labute approximate surface area is 126 Å². The van der Waals surface area contributed by atoms with Gasteiger partial charge in [-0.15, -0.1) is 0 Å². The lowest BCUT2D eigenvalue weighted by Crippen LogP contribution is -2.18. The highest BCUT2D eigenvalue weighted by Gasteiger charge is 2.24. The second kappa shape index (κ2) is 5.32. The zero-order valence-electron chi connectivity index (χ0n) is 11.1. The average molecular weight is 345 g/mol. The molecule has 0 atom stereocenters. The normalized spacial score (nSPS) is 12.3. The van der Waals surface area contributed by atoms with Crippen molar-refractivity contribution in [3.8, 4) is 0 Å². The van der Waals surface area contributed by atoms with Gasteiger partial charge in [0, 0.05) is 18.0 Å². The first-order chi connectivity index (χ1) is 10.1. The van der Waals surface area contributed by atoms with Crippen LogP contribution in [-0.4, -0.2) is 38.9 Å². The summed E-state index contributed by atoms with van der Waals surface area (Å²) in [5.41, 5.74) is -0.00426. The quantitative estimate of drug-likeness (QED) is 0.696. The summed E-state index contributed by atoms with van der Waals surface area (Å²) in [6, 6.07) is 5.56. The van der Waals surface area contributed by atoms with Gasteiger partial charge in [0.15, 0.2) is 0 Å². The summed E-state index contributed by atoms with van der Waals surface area (Å²) in [5.74, 6) is -0.584. The molecule has 22 heavy (non-hydrogen) atoms. The van der Waals surface area contributed by atoms with Crippen molar-refractivity contribution in [3.63, 3.8) is 0 Å². The number of hydrogen-bond donors (Lipinski definition) is 3. The number of rotatable bonds is 3. The Morgan fingerprint density at radius 2 is 1.50 bits per heavy atom. The standard InChI is InChI=1S/C12H11NO7S2/c1-13-12(14)8-5-6-10(22(18,19)20)11-7(8)3-2-4-9(11)21(15,16)17/h2-6H,1H3,(H,13,14)(H,15,16,17)(H,18,19,20). The first kappa shape index (κ1) is 16.4. The maximum Gasteiger partial charge on any atom is 0.295 e. The summed E-state index contributed by atoms with van der Waals surface area (Å²) >= 11 is 0. The second-order valence-electron chi connectivity index (χ2n) is 4.32. The van der Waals surface area contributed by atoms with E-state index in [-0.39, 0.29) is 10.9 Å². The third-order valence-electron chi connectivity index (χ3n) is 2.99. The molecule has 8 nitrogen and oxygen atoms in total. The van der Waals surface area contributed by atoms with Crippen LogP contribution in [0.15, 0.2) is 40.1 Å². The Morgan fingerprint density at radius 3 is 2.00 bits per heavy atom. The molecular weight excluding hydrogens is 334 g/mol. The molecule has 0 bridgehead atoms. The van der Waals surface area contributed by atoms with Crippen molar-refractivity contribution in [3.05, 3.63) is 35.9 Å². The molecule has 0 saturated carbocycles. The molecule has 0 aliphatic rings. The van der Waals surface area contributed by atoms with E-state index < -0.39 is 41.3 Å². The summed E-state index contributed by atoms with van der Waals surface area (Å²) in [6.07, 6.45) is 0. The number of benzene rings is 2. The van der Waals surface area contributed by atoms with Gasteiger partial charge in [-0.1, -0.05) is 12.1 Å². The van der Waals surface area contributed by atoms with Crippen LogP contribution in [0.5, 0.6) is 0 Å². The van der Waals surface area contributed by atoms with Gasteiger partial charge in [0.2, 0.25) is 0 Å². The molecular formula is C12H11NO7S2. The van der Waals surface area contributed by atoms with E-state index in [1.54, 1.807) is 0 Å². The van der Waals surface area contributed by atoms with Crippen molar-refractivity contribution >= 4 is 36.9 Å². The minimum atomic E-state index is -4.77. The van der Waals surface area contributed by atoms with Gasteiger partial charge in [0.05, 0.1) is 0 Å². The summed E-state index contributed by atoms with van der Waals surface area (Å²) < 4.78 is 64.3. The van der Waals surface area contributed by atoms with Crippen LogP contribution in [0.2, 0.25) is 0 Å². The van der Waals surface area contributed by atoms with Crippen LogP contribution < -0.4 is 5.32 Å². The van der Waals surface area contributed by atoms with Crippen molar-refractivity contribution in [2.45, 2.75) is 9.79 Å². The van der Waals surface area contributed by atoms with Gasteiger partial charge in [-0.3, -0.25) is 13.9 Å². The summed E-state index contributed by atoms with van der Waals surface area (Å²) in [6.45, 7) is 0. The molecule has 0 aliphatic heterocycles. The summed E-state index contributed by atoms with van der Waals surface area (Å²) in [5, 5.41) is 1.84. The van der Waals surface area contributed by atoms with E-state index in [1.807, 2.05) is 0 Å². The van der Waals surface area contributed by atoms with Crippen LogP contribution in [0, 0.1) is 0 Å². The maximum absolute atomic E-state index is 11.8. The smallest absolute Gasteiger partial charge is 0.295 e. The third-order valence-corrected chi connectivity index (χ3v) is 4.78. The molecule has 0 fully saturated rings. The molecule has 0 unspecified atom stereocenters. The summed E-state index contributed by atoms with van der Waals surface area (Å²) in [4.78, 5) is 10.4. The highest BCUT2D eigenvalue weighted by Crippen LogP contribution is 2.31. The van der Waals surface area contributed by atoms with E-state index in [9.17, 15) is 30.7 Å². The lowest BCUT2D eigenvalue weighted by atomic mass is 10.0. The fraction of sp³-hybridized carbons (Fsp3) is 0.0833. The van der Waals surface area contributed by atoms with E-state index in [2.05, 4.69) is 5.32 Å². The van der Waals surface area contributed by atoms with Crippen LogP contribution in [0.25, 0.3) is 10.8 Å². The molecule has 0 radical (unpaired) electrons. The van der Waals surface area contributed by atoms with E-state index in [4.69, 9.17) is 0 Å². The Morgan fingerprint density at radius 1 is 0.955 bits per heavy atom. The Balaban J connectivity index is 3.12. The highest BCUT2D eigenvalue weighted by atomic mass is 32.2. The number of carbonyl (C=O) groups excluding carboxylic acids is 1. The van der Waals surface area contributed by atoms with Crippen molar-refractivity contribution in [2.75, 3.05) is 7.05 Å². The van der Waals surface area contributed by atoms with Gasteiger partial charge in [0.25, 0.3) is 26.1 Å². The lowest BCUT2D eigenvalue weighted by molar-refractivity contribution is 0.0964. The molecule has 10 heteroatoms. The highest BCUT2D eigenvalue weighted by molar-refractivity contribution is 7.87. The molecule has 0 aliphatic carbocycles. The predicted molar refractivity (Wildman–Crippen MR) is 77.0 cm³/mol. The first-order valence-corrected chi connectivity index (χ1v) is 8.68. The fourth-order valence-electron chi connectivity index (χ4n) is 2.10. The SMILES string of the molecule is CNC(=O)c1ccc(S(=O)(=O)O)c2c(S(=O)(=O)O)cccc12. The molecule has 0 saturated heterocycles. The Kier molecular flexibility index (Phi) is 3.96. The maximum atomic E-state index is 11.8. The average Bonchev–Trinajstić information content (AvgIpc) is 2.42. The van der Waals surface area contributed by atoms with Gasteiger partial charge in [0.1, 0.15) is 9.79 Å². The molecule has 0 spiro atoms. The molecule has 0 heterocycles. The number of fused-ring (bicyclic) bond motifs is 1. The molecule has 1 amide bonds. The van der Waals surface area contributed by atoms with Crippen molar-refractivity contribution in [1.29, 1.82) is 0 Å². The molecule has 3 N–H and O–H groups in total.